The summed E-state index contributed by atoms with van der Waals surface area (Å²) in [5.41, 5.74) is 5.29. The van der Waals surface area contributed by atoms with Gasteiger partial charge in [0.25, 0.3) is 0 Å². The van der Waals surface area contributed by atoms with Crippen molar-refractivity contribution in [2.75, 3.05) is 6.54 Å². The molecule has 0 atom stereocenters. The maximum atomic E-state index is 5.29. The van der Waals surface area contributed by atoms with Crippen molar-refractivity contribution < 1.29 is 0 Å². The van der Waals surface area contributed by atoms with Gasteiger partial charge >= 0.3 is 0 Å². The molecule has 0 spiro atoms. The highest BCUT2D eigenvalue weighted by Gasteiger charge is 1.92. The van der Waals surface area contributed by atoms with Gasteiger partial charge in [-0.1, -0.05) is 11.3 Å². The molecule has 0 unspecified atom stereocenters. The van der Waals surface area contributed by atoms with Crippen LogP contribution in [0.4, 0.5) is 0 Å². The first-order valence-corrected chi connectivity index (χ1v) is 3.80. The van der Waals surface area contributed by atoms with Crippen molar-refractivity contribution in [2.45, 2.75) is 6.42 Å². The molecule has 50 valence electrons. The molecule has 0 radical (unpaired) electrons. The van der Waals surface area contributed by atoms with Crippen LogP contribution in [0.1, 0.15) is 5.01 Å². The average molecular weight is 161 g/mol. The number of nitrogens with zero attached hydrogens (tertiary/aromatic N) is 1. The Morgan fingerprint density at radius 2 is 2.56 bits per heavy atom. The van der Waals surface area contributed by atoms with Crippen molar-refractivity contribution in [1.82, 2.24) is 10.2 Å². The highest BCUT2D eigenvalue weighted by molar-refractivity contribution is 7.73. The quantitative estimate of drug-likeness (QED) is 0.628. The summed E-state index contributed by atoms with van der Waals surface area (Å²) >= 11 is 6.29. The second-order valence-corrected chi connectivity index (χ2v) is 3.30. The van der Waals surface area contributed by atoms with E-state index in [1.165, 1.54) is 11.3 Å². The van der Waals surface area contributed by atoms with E-state index in [1.54, 1.807) is 0 Å². The molecule has 0 saturated heterocycles. The monoisotopic (exact) mass is 161 g/mol. The number of hydrogen-bond donors (Lipinski definition) is 2. The van der Waals surface area contributed by atoms with E-state index in [1.807, 2.05) is 0 Å². The zero-order valence-electron chi connectivity index (χ0n) is 4.76. The van der Waals surface area contributed by atoms with Crippen LogP contribution >= 0.6 is 23.6 Å². The summed E-state index contributed by atoms with van der Waals surface area (Å²) in [6, 6.07) is 0. The van der Waals surface area contributed by atoms with Gasteiger partial charge in [-0.15, -0.1) is 0 Å². The Bertz CT molecular complexity index is 226. The maximum absolute atomic E-state index is 5.29. The molecule has 3 N–H and O–H groups in total. The fraction of sp³-hybridized carbons (Fsp3) is 0.500. The first kappa shape index (κ1) is 6.85. The van der Waals surface area contributed by atoms with E-state index in [9.17, 15) is 0 Å². The highest BCUT2D eigenvalue weighted by atomic mass is 32.1. The molecule has 9 heavy (non-hydrogen) atoms. The van der Waals surface area contributed by atoms with Gasteiger partial charge in [0.15, 0.2) is 3.95 Å². The number of nitrogens with two attached hydrogens (primary N) is 1. The number of rotatable bonds is 2. The summed E-state index contributed by atoms with van der Waals surface area (Å²) in [6.07, 6.45) is 0.817. The van der Waals surface area contributed by atoms with Crippen molar-refractivity contribution in [2.24, 2.45) is 5.73 Å². The lowest BCUT2D eigenvalue weighted by Crippen LogP contribution is -2.01. The van der Waals surface area contributed by atoms with Crippen LogP contribution in [0, 0.1) is 3.95 Å². The van der Waals surface area contributed by atoms with Gasteiger partial charge in [-0.25, -0.2) is 0 Å². The minimum atomic E-state index is 0.635. The Kier molecular flexibility index (Phi) is 2.32. The fourth-order valence-electron chi connectivity index (χ4n) is 0.491. The molecule has 1 aromatic heterocycles. The number of nitrogens with one attached hydrogen (secondary N) is 1. The van der Waals surface area contributed by atoms with Crippen molar-refractivity contribution in [3.05, 3.63) is 8.96 Å². The highest BCUT2D eigenvalue weighted by Crippen LogP contribution is 2.03. The number of hydrogen-bond acceptors (Lipinski definition) is 4. The predicted octanol–water partition coefficient (Wildman–Crippen LogP) is 0.702. The van der Waals surface area contributed by atoms with Crippen LogP contribution in [0.15, 0.2) is 0 Å². The third-order valence-electron chi connectivity index (χ3n) is 0.841. The molecule has 0 bridgehead atoms. The second kappa shape index (κ2) is 3.05. The molecule has 5 heteroatoms. The van der Waals surface area contributed by atoms with Gasteiger partial charge in [0.2, 0.25) is 0 Å². The van der Waals surface area contributed by atoms with E-state index in [0.29, 0.717) is 6.54 Å². The Labute approximate surface area is 61.9 Å². The Hall–Kier alpha value is -0.260. The van der Waals surface area contributed by atoms with Gasteiger partial charge in [-0.3, -0.25) is 5.10 Å². The number of aromatic nitrogens is 2. The van der Waals surface area contributed by atoms with Crippen molar-refractivity contribution in [1.29, 1.82) is 0 Å². The van der Waals surface area contributed by atoms with Crippen LogP contribution < -0.4 is 5.73 Å². The zero-order chi connectivity index (χ0) is 6.69. The molecular weight excluding hydrogens is 154 g/mol. The summed E-state index contributed by atoms with van der Waals surface area (Å²) in [4.78, 5) is 0. The first-order chi connectivity index (χ1) is 4.33. The van der Waals surface area contributed by atoms with Gasteiger partial charge in [-0.2, -0.15) is 5.10 Å². The largest absolute Gasteiger partial charge is 0.330 e. The normalized spacial score (nSPS) is 9.89. The van der Waals surface area contributed by atoms with Gasteiger partial charge in [0.05, 0.1) is 0 Å². The SMILES string of the molecule is NCCc1n[nH]c(=S)s1. The number of H-pyrrole nitrogens is 1. The third-order valence-corrected chi connectivity index (χ3v) is 1.99. The van der Waals surface area contributed by atoms with Crippen molar-refractivity contribution in [3.8, 4) is 0 Å². The van der Waals surface area contributed by atoms with Crippen molar-refractivity contribution >= 4 is 23.6 Å². The minimum absolute atomic E-state index is 0.635. The second-order valence-electron chi connectivity index (χ2n) is 1.55. The molecule has 0 aliphatic carbocycles. The molecule has 0 fully saturated rings. The van der Waals surface area contributed by atoms with Gasteiger partial charge in [0, 0.05) is 6.42 Å². The van der Waals surface area contributed by atoms with E-state index in [2.05, 4.69) is 10.2 Å². The molecule has 0 amide bonds. The van der Waals surface area contributed by atoms with Crippen molar-refractivity contribution in [3.63, 3.8) is 0 Å². The Balaban J connectivity index is 2.73. The lowest BCUT2D eigenvalue weighted by atomic mass is 10.5. The standard InChI is InChI=1S/C4H7N3S2/c5-2-1-3-6-7-4(8)9-3/h1-2,5H2,(H,7,8). The molecule has 0 aliphatic rings. The topological polar surface area (TPSA) is 54.7 Å². The molecule has 1 heterocycles. The number of aromatic amines is 1. The van der Waals surface area contributed by atoms with E-state index in [4.69, 9.17) is 18.0 Å². The lowest BCUT2D eigenvalue weighted by molar-refractivity contribution is 0.910. The zero-order valence-corrected chi connectivity index (χ0v) is 6.39. The van der Waals surface area contributed by atoms with E-state index < -0.39 is 0 Å². The molecular formula is C4H7N3S2. The van der Waals surface area contributed by atoms with E-state index >= 15 is 0 Å². The van der Waals surface area contributed by atoms with E-state index in [-0.39, 0.29) is 0 Å². The predicted molar refractivity (Wildman–Crippen MR) is 40.1 cm³/mol. The van der Waals surface area contributed by atoms with Crippen LogP contribution in [0.3, 0.4) is 0 Å². The summed E-state index contributed by atoms with van der Waals surface area (Å²) in [5, 5.41) is 7.58. The molecule has 3 nitrogen and oxygen atoms in total. The van der Waals surface area contributed by atoms with Crippen LogP contribution in [0.5, 0.6) is 0 Å². The molecule has 1 aromatic rings. The fourth-order valence-corrected chi connectivity index (χ4v) is 1.44. The van der Waals surface area contributed by atoms with Crippen LogP contribution in [-0.4, -0.2) is 16.7 Å². The third kappa shape index (κ3) is 1.85. The Morgan fingerprint density at radius 1 is 1.78 bits per heavy atom. The molecule has 1 rings (SSSR count). The maximum Gasteiger partial charge on any atom is 0.176 e. The first-order valence-electron chi connectivity index (χ1n) is 2.57. The summed E-state index contributed by atoms with van der Waals surface area (Å²) in [6.45, 7) is 0.635. The smallest absolute Gasteiger partial charge is 0.176 e. The van der Waals surface area contributed by atoms with Crippen LogP contribution in [0.25, 0.3) is 0 Å². The lowest BCUT2D eigenvalue weighted by Gasteiger charge is -1.83. The van der Waals surface area contributed by atoms with Crippen LogP contribution in [-0.2, 0) is 6.42 Å². The summed E-state index contributed by atoms with van der Waals surface area (Å²) in [5.74, 6) is 0. The molecule has 0 aromatic carbocycles. The summed E-state index contributed by atoms with van der Waals surface area (Å²) < 4.78 is 0.721. The van der Waals surface area contributed by atoms with Gasteiger partial charge < -0.3 is 5.73 Å². The minimum Gasteiger partial charge on any atom is -0.330 e. The van der Waals surface area contributed by atoms with Crippen LogP contribution in [0.2, 0.25) is 0 Å². The Morgan fingerprint density at radius 3 is 3.00 bits per heavy atom. The van der Waals surface area contributed by atoms with Gasteiger partial charge in [-0.05, 0) is 18.8 Å². The average Bonchev–Trinajstić information content (AvgIpc) is 2.17. The summed E-state index contributed by atoms with van der Waals surface area (Å²) in [7, 11) is 0. The van der Waals surface area contributed by atoms with Gasteiger partial charge in [0.1, 0.15) is 5.01 Å². The van der Waals surface area contributed by atoms with E-state index in [0.717, 1.165) is 15.4 Å². The molecule has 0 aliphatic heterocycles. The molecule has 0 saturated carbocycles.